The maximum Gasteiger partial charge on any atom is 0.287 e. The average Bonchev–Trinajstić information content (AvgIpc) is 3.68. The molecule has 1 fully saturated rings. The standard InChI is InChI=1S/C27H21ClN4O6S/c1-30-27(33)25-21-11-20(16-3-4-16)22(12-24(21)38-26(25)17-5-7-19(28)8-6-17)31-39(36,37)14-15-2-9-23(32(34)35)18(10-15)13-29/h2,5-12,16,31H,3-4,14H2,1H3,(H,30,33). The summed E-state index contributed by atoms with van der Waals surface area (Å²) in [5.74, 6) is -0.402. The Labute approximate surface area is 228 Å². The molecule has 1 aliphatic rings. The lowest BCUT2D eigenvalue weighted by Crippen LogP contribution is -2.18. The lowest BCUT2D eigenvalue weighted by Gasteiger charge is -2.13. The van der Waals surface area contributed by atoms with Gasteiger partial charge in [-0.2, -0.15) is 5.26 Å². The summed E-state index contributed by atoms with van der Waals surface area (Å²) in [6.45, 7) is 0. The summed E-state index contributed by atoms with van der Waals surface area (Å²) >= 11 is 6.03. The van der Waals surface area contributed by atoms with Crippen LogP contribution in [0.1, 0.15) is 45.8 Å². The van der Waals surface area contributed by atoms with Gasteiger partial charge in [-0.25, -0.2) is 8.42 Å². The van der Waals surface area contributed by atoms with E-state index in [-0.39, 0.29) is 23.0 Å². The first-order valence-corrected chi connectivity index (χ1v) is 13.9. The maximum atomic E-state index is 13.2. The molecule has 0 radical (unpaired) electrons. The fourth-order valence-corrected chi connectivity index (χ4v) is 5.81. The molecule has 5 rings (SSSR count). The Morgan fingerprint density at radius 3 is 2.51 bits per heavy atom. The van der Waals surface area contributed by atoms with Gasteiger partial charge in [-0.3, -0.25) is 19.6 Å². The van der Waals surface area contributed by atoms with E-state index in [0.29, 0.717) is 38.6 Å². The van der Waals surface area contributed by atoms with Crippen molar-refractivity contribution in [1.29, 1.82) is 5.26 Å². The number of hydrogen-bond donors (Lipinski definition) is 2. The van der Waals surface area contributed by atoms with Crippen LogP contribution < -0.4 is 10.0 Å². The molecule has 12 heteroatoms. The first kappa shape index (κ1) is 26.2. The second-order valence-electron chi connectivity index (χ2n) is 9.18. The molecule has 39 heavy (non-hydrogen) atoms. The number of nitrogens with one attached hydrogen (secondary N) is 2. The Bertz CT molecular complexity index is 1790. The molecule has 3 aromatic carbocycles. The summed E-state index contributed by atoms with van der Waals surface area (Å²) in [5.41, 5.74) is 1.96. The van der Waals surface area contributed by atoms with E-state index in [0.717, 1.165) is 24.5 Å². The predicted molar refractivity (Wildman–Crippen MR) is 146 cm³/mol. The minimum Gasteiger partial charge on any atom is -0.455 e. The van der Waals surface area contributed by atoms with E-state index in [1.165, 1.54) is 19.2 Å². The van der Waals surface area contributed by atoms with Crippen molar-refractivity contribution in [2.24, 2.45) is 0 Å². The summed E-state index contributed by atoms with van der Waals surface area (Å²) in [4.78, 5) is 23.3. The number of halogens is 1. The normalized spacial score (nSPS) is 13.2. The van der Waals surface area contributed by atoms with Crippen LogP contribution in [0.3, 0.4) is 0 Å². The fourth-order valence-electron chi connectivity index (χ4n) is 4.48. The summed E-state index contributed by atoms with van der Waals surface area (Å²) in [7, 11) is -2.47. The Morgan fingerprint density at radius 2 is 1.90 bits per heavy atom. The number of furan rings is 1. The number of benzene rings is 3. The highest BCUT2D eigenvalue weighted by atomic mass is 35.5. The first-order chi connectivity index (χ1) is 18.6. The van der Waals surface area contributed by atoms with E-state index in [1.54, 1.807) is 42.5 Å². The zero-order chi connectivity index (χ0) is 27.9. The van der Waals surface area contributed by atoms with Crippen molar-refractivity contribution >= 4 is 49.9 Å². The quantitative estimate of drug-likeness (QED) is 0.205. The Morgan fingerprint density at radius 1 is 1.18 bits per heavy atom. The average molecular weight is 565 g/mol. The molecule has 2 N–H and O–H groups in total. The van der Waals surface area contributed by atoms with Gasteiger partial charge in [0.15, 0.2) is 0 Å². The number of carbonyl (C=O) groups is 1. The number of fused-ring (bicyclic) bond motifs is 1. The monoisotopic (exact) mass is 564 g/mol. The van der Waals surface area contributed by atoms with Crippen LogP contribution in [0.5, 0.6) is 0 Å². The molecule has 0 bridgehead atoms. The second kappa shape index (κ2) is 10.1. The fraction of sp³-hybridized carbons (Fsp3) is 0.185. The van der Waals surface area contributed by atoms with Crippen LogP contribution in [0.25, 0.3) is 22.3 Å². The third-order valence-corrected chi connectivity index (χ3v) is 7.93. The summed E-state index contributed by atoms with van der Waals surface area (Å²) in [5, 5.41) is 24.1. The van der Waals surface area contributed by atoms with Gasteiger partial charge in [0.25, 0.3) is 11.6 Å². The molecule has 0 saturated heterocycles. The van der Waals surface area contributed by atoms with Crippen molar-refractivity contribution in [3.63, 3.8) is 0 Å². The van der Waals surface area contributed by atoms with Crippen LogP contribution in [0, 0.1) is 21.4 Å². The molecule has 0 atom stereocenters. The number of sulfonamides is 1. The molecule has 4 aromatic rings. The van der Waals surface area contributed by atoms with Crippen LogP contribution in [0.2, 0.25) is 5.02 Å². The van der Waals surface area contributed by atoms with Crippen molar-refractivity contribution in [2.75, 3.05) is 11.8 Å². The number of nitriles is 1. The number of amides is 1. The van der Waals surface area contributed by atoms with Gasteiger partial charge in [-0.1, -0.05) is 17.7 Å². The number of nitrogens with zero attached hydrogens (tertiary/aromatic N) is 2. The van der Waals surface area contributed by atoms with Crippen molar-refractivity contribution in [1.82, 2.24) is 5.32 Å². The van der Waals surface area contributed by atoms with E-state index >= 15 is 0 Å². The first-order valence-electron chi connectivity index (χ1n) is 11.9. The molecule has 1 aromatic heterocycles. The molecule has 1 aliphatic carbocycles. The zero-order valence-electron chi connectivity index (χ0n) is 20.5. The molecule has 1 saturated carbocycles. The summed E-state index contributed by atoms with van der Waals surface area (Å²) in [6.07, 6.45) is 1.73. The minimum absolute atomic E-state index is 0.114. The summed E-state index contributed by atoms with van der Waals surface area (Å²) in [6, 6.07) is 15.6. The number of nitro benzene ring substituents is 1. The lowest BCUT2D eigenvalue weighted by molar-refractivity contribution is -0.385. The van der Waals surface area contributed by atoms with E-state index < -0.39 is 26.4 Å². The van der Waals surface area contributed by atoms with Crippen LogP contribution >= 0.6 is 11.6 Å². The molecule has 198 valence electrons. The van der Waals surface area contributed by atoms with Crippen LogP contribution in [-0.2, 0) is 15.8 Å². The SMILES string of the molecule is CNC(=O)c1c(-c2ccc(Cl)cc2)oc2cc(NS(=O)(=O)Cc3ccc([N+](=O)[O-])c(C#N)c3)c(C3CC3)cc12. The van der Waals surface area contributed by atoms with Crippen molar-refractivity contribution in [3.8, 4) is 17.4 Å². The molecule has 0 aliphatic heterocycles. The highest BCUT2D eigenvalue weighted by Gasteiger charge is 2.31. The molecule has 0 unspecified atom stereocenters. The zero-order valence-corrected chi connectivity index (χ0v) is 22.1. The third-order valence-electron chi connectivity index (χ3n) is 6.44. The third kappa shape index (κ3) is 5.30. The van der Waals surface area contributed by atoms with Crippen molar-refractivity contribution < 1.29 is 22.6 Å². The van der Waals surface area contributed by atoms with E-state index in [1.807, 2.05) is 0 Å². The highest BCUT2D eigenvalue weighted by molar-refractivity contribution is 7.91. The van der Waals surface area contributed by atoms with Crippen LogP contribution in [-0.4, -0.2) is 26.3 Å². The summed E-state index contributed by atoms with van der Waals surface area (Å²) < 4.78 is 35.1. The maximum absolute atomic E-state index is 13.2. The minimum atomic E-state index is -3.99. The van der Waals surface area contributed by atoms with Crippen molar-refractivity contribution in [3.05, 3.63) is 92.0 Å². The molecule has 1 heterocycles. The van der Waals surface area contributed by atoms with Gasteiger partial charge in [-0.05, 0) is 66.3 Å². The van der Waals surface area contributed by atoms with E-state index in [9.17, 15) is 28.6 Å². The van der Waals surface area contributed by atoms with Gasteiger partial charge in [0.05, 0.1) is 21.9 Å². The highest BCUT2D eigenvalue weighted by Crippen LogP contribution is 2.47. The van der Waals surface area contributed by atoms with E-state index in [2.05, 4.69) is 10.0 Å². The van der Waals surface area contributed by atoms with Gasteiger partial charge in [0.2, 0.25) is 10.0 Å². The number of nitro groups is 1. The van der Waals surface area contributed by atoms with Gasteiger partial charge < -0.3 is 9.73 Å². The molecule has 0 spiro atoms. The smallest absolute Gasteiger partial charge is 0.287 e. The molecular formula is C27H21ClN4O6S. The number of rotatable bonds is 8. The van der Waals surface area contributed by atoms with Gasteiger partial charge in [0, 0.05) is 35.2 Å². The number of carbonyl (C=O) groups excluding carboxylic acids is 1. The molecular weight excluding hydrogens is 544 g/mol. The largest absolute Gasteiger partial charge is 0.455 e. The van der Waals surface area contributed by atoms with Gasteiger partial charge in [0.1, 0.15) is 23.0 Å². The predicted octanol–water partition coefficient (Wildman–Crippen LogP) is 5.71. The van der Waals surface area contributed by atoms with Crippen molar-refractivity contribution in [2.45, 2.75) is 24.5 Å². The van der Waals surface area contributed by atoms with E-state index in [4.69, 9.17) is 16.0 Å². The van der Waals surface area contributed by atoms with Gasteiger partial charge >= 0.3 is 0 Å². The Hall–Kier alpha value is -4.40. The molecule has 1 amide bonds. The van der Waals surface area contributed by atoms with Crippen LogP contribution in [0.15, 0.2) is 59.0 Å². The Kier molecular flexibility index (Phi) is 6.76. The van der Waals surface area contributed by atoms with Crippen LogP contribution in [0.4, 0.5) is 11.4 Å². The van der Waals surface area contributed by atoms with Gasteiger partial charge in [-0.15, -0.1) is 0 Å². The second-order valence-corrected chi connectivity index (χ2v) is 11.3. The molecule has 10 nitrogen and oxygen atoms in total. The number of hydrogen-bond acceptors (Lipinski definition) is 7. The number of anilines is 1. The topological polar surface area (TPSA) is 155 Å². The lowest BCUT2D eigenvalue weighted by atomic mass is 10.0. The Balaban J connectivity index is 1.56.